The first-order valence-electron chi connectivity index (χ1n) is 7.27. The molecule has 3 aliphatic rings. The Hall–Kier alpha value is -1.91. The van der Waals surface area contributed by atoms with Crippen LogP contribution in [0.5, 0.6) is 0 Å². The fourth-order valence-electron chi connectivity index (χ4n) is 4.19. The Morgan fingerprint density at radius 1 is 1.30 bits per heavy atom. The molecule has 5 unspecified atom stereocenters. The van der Waals surface area contributed by atoms with Crippen molar-refractivity contribution in [1.29, 1.82) is 0 Å². The van der Waals surface area contributed by atoms with E-state index in [2.05, 4.69) is 22.1 Å². The van der Waals surface area contributed by atoms with E-state index in [0.29, 0.717) is 12.2 Å². The van der Waals surface area contributed by atoms with Gasteiger partial charge in [0.2, 0.25) is 11.8 Å². The second-order valence-electron chi connectivity index (χ2n) is 5.94. The normalized spacial score (nSPS) is 36.0. The van der Waals surface area contributed by atoms with E-state index in [1.54, 1.807) is 12.4 Å². The summed E-state index contributed by atoms with van der Waals surface area (Å²) >= 11 is 0. The maximum Gasteiger partial charge on any atom is 0.234 e. The number of likely N-dealkylation sites (tertiary alicyclic amines) is 1. The molecule has 104 valence electrons. The molecule has 0 radical (unpaired) electrons. The minimum Gasteiger partial charge on any atom is -0.347 e. The molecule has 2 amide bonds. The lowest BCUT2D eigenvalue weighted by atomic mass is 9.85. The summed E-state index contributed by atoms with van der Waals surface area (Å²) in [6.45, 7) is 1.98. The zero-order valence-corrected chi connectivity index (χ0v) is 11.3. The lowest BCUT2D eigenvalue weighted by molar-refractivity contribution is -0.144. The van der Waals surface area contributed by atoms with Gasteiger partial charge in [0.05, 0.1) is 17.9 Å². The fraction of sp³-hybridized carbons (Fsp3) is 0.533. The van der Waals surface area contributed by atoms with Gasteiger partial charge in [-0.1, -0.05) is 19.1 Å². The molecule has 1 aromatic rings. The van der Waals surface area contributed by atoms with Crippen molar-refractivity contribution < 1.29 is 9.59 Å². The molecule has 2 heterocycles. The summed E-state index contributed by atoms with van der Waals surface area (Å²) in [6, 6.07) is -0.255. The summed E-state index contributed by atoms with van der Waals surface area (Å²) in [5.74, 6) is 0.985. The SMILES string of the molecule is CCC(c1ncc[nH]1)N1C(=O)C2C3C=CC(C3)C2C1=O. The van der Waals surface area contributed by atoms with E-state index >= 15 is 0 Å². The lowest BCUT2D eigenvalue weighted by Gasteiger charge is -2.25. The van der Waals surface area contributed by atoms with Crippen LogP contribution < -0.4 is 0 Å². The maximum absolute atomic E-state index is 12.7. The molecule has 2 fully saturated rings. The first-order chi connectivity index (χ1) is 9.72. The first kappa shape index (κ1) is 11.9. The highest BCUT2D eigenvalue weighted by molar-refractivity contribution is 6.06. The van der Waals surface area contributed by atoms with Crippen LogP contribution in [-0.2, 0) is 9.59 Å². The number of amides is 2. The summed E-state index contributed by atoms with van der Waals surface area (Å²) in [4.78, 5) is 34.2. The third-order valence-corrected chi connectivity index (χ3v) is 5.04. The number of carbonyl (C=O) groups is 2. The average molecular weight is 271 g/mol. The zero-order chi connectivity index (χ0) is 13.9. The van der Waals surface area contributed by atoms with Gasteiger partial charge < -0.3 is 4.98 Å². The minimum absolute atomic E-state index is 0.0000926. The molecule has 1 aromatic heterocycles. The quantitative estimate of drug-likeness (QED) is 0.671. The van der Waals surface area contributed by atoms with Crippen LogP contribution in [0.3, 0.4) is 0 Å². The van der Waals surface area contributed by atoms with Crippen molar-refractivity contribution in [2.75, 3.05) is 0 Å². The molecular formula is C15H17N3O2. The van der Waals surface area contributed by atoms with Gasteiger partial charge in [0.1, 0.15) is 5.82 Å². The van der Waals surface area contributed by atoms with Crippen LogP contribution in [0.25, 0.3) is 0 Å². The second-order valence-corrected chi connectivity index (χ2v) is 5.94. The van der Waals surface area contributed by atoms with Crippen molar-refractivity contribution in [3.8, 4) is 0 Å². The predicted molar refractivity (Wildman–Crippen MR) is 71.2 cm³/mol. The van der Waals surface area contributed by atoms with Gasteiger partial charge in [-0.2, -0.15) is 0 Å². The van der Waals surface area contributed by atoms with Crippen LogP contribution in [0.2, 0.25) is 0 Å². The van der Waals surface area contributed by atoms with Gasteiger partial charge in [0.15, 0.2) is 0 Å². The summed E-state index contributed by atoms with van der Waals surface area (Å²) in [5.41, 5.74) is 0. The number of imidazole rings is 1. The molecular weight excluding hydrogens is 254 g/mol. The van der Waals surface area contributed by atoms with Gasteiger partial charge in [-0.3, -0.25) is 14.5 Å². The first-order valence-corrected chi connectivity index (χ1v) is 7.27. The molecule has 0 aromatic carbocycles. The van der Waals surface area contributed by atoms with Gasteiger partial charge in [-0.15, -0.1) is 0 Å². The van der Waals surface area contributed by atoms with E-state index in [1.165, 1.54) is 4.90 Å². The van der Waals surface area contributed by atoms with E-state index in [9.17, 15) is 9.59 Å². The van der Waals surface area contributed by atoms with E-state index < -0.39 is 0 Å². The number of hydrogen-bond acceptors (Lipinski definition) is 3. The predicted octanol–water partition coefficient (Wildman–Crippen LogP) is 1.67. The van der Waals surface area contributed by atoms with Crippen LogP contribution in [-0.4, -0.2) is 26.7 Å². The number of imide groups is 1. The van der Waals surface area contributed by atoms with Crippen molar-refractivity contribution in [3.63, 3.8) is 0 Å². The fourth-order valence-corrected chi connectivity index (χ4v) is 4.19. The number of hydrogen-bond donors (Lipinski definition) is 1. The van der Waals surface area contributed by atoms with Crippen molar-refractivity contribution in [3.05, 3.63) is 30.4 Å². The number of fused-ring (bicyclic) bond motifs is 5. The van der Waals surface area contributed by atoms with Gasteiger partial charge in [0, 0.05) is 12.4 Å². The topological polar surface area (TPSA) is 66.1 Å². The molecule has 0 spiro atoms. The Morgan fingerprint density at radius 3 is 2.45 bits per heavy atom. The van der Waals surface area contributed by atoms with Crippen molar-refractivity contribution in [2.24, 2.45) is 23.7 Å². The van der Waals surface area contributed by atoms with Crippen LogP contribution in [0, 0.1) is 23.7 Å². The molecule has 2 bridgehead atoms. The average Bonchev–Trinajstić information content (AvgIpc) is 3.19. The smallest absolute Gasteiger partial charge is 0.234 e. The minimum atomic E-state index is -0.255. The van der Waals surface area contributed by atoms with Crippen LogP contribution in [0.15, 0.2) is 24.5 Å². The molecule has 1 aliphatic heterocycles. The largest absolute Gasteiger partial charge is 0.347 e. The van der Waals surface area contributed by atoms with Crippen LogP contribution >= 0.6 is 0 Å². The number of aromatic nitrogens is 2. The van der Waals surface area contributed by atoms with E-state index in [0.717, 1.165) is 6.42 Å². The van der Waals surface area contributed by atoms with Gasteiger partial charge in [-0.25, -0.2) is 4.98 Å². The standard InChI is InChI=1S/C15H17N3O2/c1-2-10(13-16-5-6-17-13)18-14(19)11-8-3-4-9(7-8)12(11)15(18)20/h3-6,8-12H,2,7H2,1H3,(H,16,17). The van der Waals surface area contributed by atoms with E-state index in [1.807, 2.05) is 6.92 Å². The Bertz CT molecular complexity index is 562. The molecule has 5 atom stereocenters. The molecule has 1 saturated carbocycles. The number of H-pyrrole nitrogens is 1. The summed E-state index contributed by atoms with van der Waals surface area (Å²) < 4.78 is 0. The van der Waals surface area contributed by atoms with Crippen molar-refractivity contribution in [2.45, 2.75) is 25.8 Å². The maximum atomic E-state index is 12.7. The Kier molecular flexibility index (Phi) is 2.40. The Labute approximate surface area is 117 Å². The molecule has 1 saturated heterocycles. The number of aromatic amines is 1. The van der Waals surface area contributed by atoms with E-state index in [-0.39, 0.29) is 41.5 Å². The highest BCUT2D eigenvalue weighted by atomic mass is 16.2. The summed E-state index contributed by atoms with van der Waals surface area (Å²) in [7, 11) is 0. The monoisotopic (exact) mass is 271 g/mol. The van der Waals surface area contributed by atoms with Gasteiger partial charge >= 0.3 is 0 Å². The molecule has 2 aliphatic carbocycles. The third-order valence-electron chi connectivity index (χ3n) is 5.04. The molecule has 5 nitrogen and oxygen atoms in total. The third kappa shape index (κ3) is 1.35. The molecule has 20 heavy (non-hydrogen) atoms. The van der Waals surface area contributed by atoms with Crippen molar-refractivity contribution >= 4 is 11.8 Å². The number of nitrogens with one attached hydrogen (secondary N) is 1. The van der Waals surface area contributed by atoms with Gasteiger partial charge in [-0.05, 0) is 24.7 Å². The molecule has 1 N–H and O–H groups in total. The van der Waals surface area contributed by atoms with Gasteiger partial charge in [0.25, 0.3) is 0 Å². The lowest BCUT2D eigenvalue weighted by Crippen LogP contribution is -2.36. The Balaban J connectivity index is 1.70. The number of carbonyl (C=O) groups excluding carboxylic acids is 2. The van der Waals surface area contributed by atoms with Crippen LogP contribution in [0.1, 0.15) is 31.6 Å². The second kappa shape index (κ2) is 4.04. The number of allylic oxidation sites excluding steroid dienone is 2. The number of rotatable bonds is 3. The van der Waals surface area contributed by atoms with E-state index in [4.69, 9.17) is 0 Å². The molecule has 4 rings (SSSR count). The van der Waals surface area contributed by atoms with Crippen molar-refractivity contribution in [1.82, 2.24) is 14.9 Å². The highest BCUT2D eigenvalue weighted by Crippen LogP contribution is 2.53. The Morgan fingerprint density at radius 2 is 1.95 bits per heavy atom. The number of nitrogens with zero attached hydrogens (tertiary/aromatic N) is 2. The summed E-state index contributed by atoms with van der Waals surface area (Å²) in [5, 5.41) is 0. The van der Waals surface area contributed by atoms with Crippen LogP contribution in [0.4, 0.5) is 0 Å². The summed E-state index contributed by atoms with van der Waals surface area (Å²) in [6.07, 6.45) is 9.29. The highest BCUT2D eigenvalue weighted by Gasteiger charge is 2.60. The zero-order valence-electron chi connectivity index (χ0n) is 11.3. The molecule has 5 heteroatoms.